The van der Waals surface area contributed by atoms with Crippen LogP contribution >= 0.6 is 31.9 Å². The second-order valence-corrected chi connectivity index (χ2v) is 10.8. The third-order valence-corrected chi connectivity index (χ3v) is 8.60. The van der Waals surface area contributed by atoms with Gasteiger partial charge in [0.25, 0.3) is 0 Å². The molecule has 4 nitrogen and oxygen atoms in total. The van der Waals surface area contributed by atoms with Crippen LogP contribution in [0.5, 0.6) is 11.5 Å². The van der Waals surface area contributed by atoms with Gasteiger partial charge < -0.3 is 18.9 Å². The van der Waals surface area contributed by atoms with Gasteiger partial charge in [-0.15, -0.1) is 0 Å². The molecule has 0 fully saturated rings. The number of ether oxygens (including phenoxy) is 4. The normalized spacial score (nSPS) is 13.7. The van der Waals surface area contributed by atoms with Gasteiger partial charge in [-0.05, 0) is 46.5 Å². The van der Waals surface area contributed by atoms with Gasteiger partial charge >= 0.3 is 0 Å². The largest absolute Gasteiger partial charge is 0.491 e. The topological polar surface area (TPSA) is 36.9 Å². The van der Waals surface area contributed by atoms with Gasteiger partial charge in [0, 0.05) is 45.4 Å². The Hall–Kier alpha value is -2.64. The first-order chi connectivity index (χ1) is 18.1. The maximum absolute atomic E-state index is 6.44. The number of rotatable bonds is 8. The number of fused-ring (bicyclic) bond motifs is 10. The maximum Gasteiger partial charge on any atom is 0.124 e. The van der Waals surface area contributed by atoms with E-state index in [1.807, 2.05) is 0 Å². The zero-order valence-electron chi connectivity index (χ0n) is 20.6. The third-order valence-electron chi connectivity index (χ3n) is 7.27. The fourth-order valence-corrected chi connectivity index (χ4v) is 7.05. The Bertz CT molecular complexity index is 1380. The highest BCUT2D eigenvalue weighted by atomic mass is 79.9. The van der Waals surface area contributed by atoms with Crippen LogP contribution in [-0.4, -0.2) is 40.6 Å². The molecule has 0 amide bonds. The van der Waals surface area contributed by atoms with Gasteiger partial charge in [0.05, 0.1) is 18.6 Å². The summed E-state index contributed by atoms with van der Waals surface area (Å²) >= 11 is 7.78. The molecule has 0 aromatic heterocycles. The molecule has 2 aliphatic rings. The highest BCUT2D eigenvalue weighted by molar-refractivity contribution is 9.11. The predicted octanol–water partition coefficient (Wildman–Crippen LogP) is 7.61. The van der Waals surface area contributed by atoms with Crippen LogP contribution < -0.4 is 9.47 Å². The second kappa shape index (κ2) is 9.91. The molecule has 0 heterocycles. The Kier molecular flexibility index (Phi) is 6.61. The van der Waals surface area contributed by atoms with E-state index < -0.39 is 5.41 Å². The summed E-state index contributed by atoms with van der Waals surface area (Å²) in [5.74, 6) is 1.69. The SMILES string of the molecule is COCCOc1ccc(Br)c2c1C1(c3ccccc3-2)c2ccccc2-c2c(Br)ccc(OCCOC)c21. The molecule has 6 rings (SSSR count). The molecular weight excluding hydrogens is 596 g/mol. The number of benzene rings is 4. The van der Waals surface area contributed by atoms with E-state index in [9.17, 15) is 0 Å². The molecule has 4 aromatic carbocycles. The Labute approximate surface area is 233 Å². The van der Waals surface area contributed by atoms with E-state index in [0.29, 0.717) is 26.4 Å². The molecule has 0 saturated heterocycles. The number of hydrogen-bond donors (Lipinski definition) is 0. The molecular formula is C31H26Br2O4. The van der Waals surface area contributed by atoms with Crippen molar-refractivity contribution in [1.82, 2.24) is 0 Å². The first-order valence-corrected chi connectivity index (χ1v) is 13.8. The highest BCUT2D eigenvalue weighted by Gasteiger charge is 2.55. The Morgan fingerprint density at radius 2 is 1.00 bits per heavy atom. The Morgan fingerprint density at radius 1 is 0.568 bits per heavy atom. The molecule has 0 saturated carbocycles. The van der Waals surface area contributed by atoms with Gasteiger partial charge in [-0.2, -0.15) is 0 Å². The molecule has 188 valence electrons. The first kappa shape index (κ1) is 24.7. The molecule has 0 atom stereocenters. The summed E-state index contributed by atoms with van der Waals surface area (Å²) in [6.45, 7) is 1.94. The highest BCUT2D eigenvalue weighted by Crippen LogP contribution is 2.68. The van der Waals surface area contributed by atoms with Crippen molar-refractivity contribution in [1.29, 1.82) is 0 Å². The van der Waals surface area contributed by atoms with Crippen LogP contribution in [0, 0.1) is 0 Å². The monoisotopic (exact) mass is 620 g/mol. The molecule has 37 heavy (non-hydrogen) atoms. The Balaban J connectivity index is 1.75. The number of methoxy groups -OCH3 is 2. The molecule has 6 heteroatoms. The molecule has 0 bridgehead atoms. The number of halogens is 2. The molecule has 2 aliphatic carbocycles. The van der Waals surface area contributed by atoms with Gasteiger partial charge in [0.1, 0.15) is 24.7 Å². The fourth-order valence-electron chi connectivity index (χ4n) is 5.96. The molecule has 4 aromatic rings. The van der Waals surface area contributed by atoms with E-state index in [2.05, 4.69) is 105 Å². The quantitative estimate of drug-likeness (QED) is 0.164. The standard InChI is InChI=1S/C31H26Br2O4/c1-34-15-17-36-25-13-11-23(32)27-19-7-3-5-9-21(19)31(29(25)27)22-10-6-4-8-20(22)28-24(33)12-14-26(30(28)31)37-18-16-35-2/h3-14H,15-18H2,1-2H3. The Morgan fingerprint density at radius 3 is 1.43 bits per heavy atom. The van der Waals surface area contributed by atoms with Crippen LogP contribution in [0.1, 0.15) is 22.3 Å². The number of hydrogen-bond acceptors (Lipinski definition) is 4. The van der Waals surface area contributed by atoms with Crippen LogP contribution in [-0.2, 0) is 14.9 Å². The first-order valence-electron chi connectivity index (χ1n) is 12.2. The average Bonchev–Trinajstić information content (AvgIpc) is 3.40. The van der Waals surface area contributed by atoms with Crippen molar-refractivity contribution in [3.05, 3.63) is 104 Å². The summed E-state index contributed by atoms with van der Waals surface area (Å²) in [6.07, 6.45) is 0. The molecule has 0 N–H and O–H groups in total. The summed E-state index contributed by atoms with van der Waals surface area (Å²) in [7, 11) is 3.38. The lowest BCUT2D eigenvalue weighted by atomic mass is 9.70. The van der Waals surface area contributed by atoms with Crippen LogP contribution in [0.15, 0.2) is 81.7 Å². The van der Waals surface area contributed by atoms with E-state index in [1.165, 1.54) is 22.3 Å². The van der Waals surface area contributed by atoms with Gasteiger partial charge in [0.15, 0.2) is 0 Å². The third kappa shape index (κ3) is 3.61. The maximum atomic E-state index is 6.44. The van der Waals surface area contributed by atoms with Crippen molar-refractivity contribution < 1.29 is 18.9 Å². The summed E-state index contributed by atoms with van der Waals surface area (Å²) < 4.78 is 25.6. The molecule has 0 unspecified atom stereocenters. The lowest BCUT2D eigenvalue weighted by Crippen LogP contribution is -2.28. The van der Waals surface area contributed by atoms with E-state index in [1.54, 1.807) is 14.2 Å². The lowest BCUT2D eigenvalue weighted by Gasteiger charge is -2.33. The molecule has 0 radical (unpaired) electrons. The van der Waals surface area contributed by atoms with Crippen molar-refractivity contribution in [3.8, 4) is 33.8 Å². The van der Waals surface area contributed by atoms with Crippen LogP contribution in [0.2, 0.25) is 0 Å². The van der Waals surface area contributed by atoms with E-state index >= 15 is 0 Å². The summed E-state index contributed by atoms with van der Waals surface area (Å²) in [5.41, 5.74) is 8.74. The van der Waals surface area contributed by atoms with Crippen molar-refractivity contribution in [3.63, 3.8) is 0 Å². The van der Waals surface area contributed by atoms with Crippen LogP contribution in [0.4, 0.5) is 0 Å². The zero-order valence-corrected chi connectivity index (χ0v) is 23.8. The fraction of sp³-hybridized carbons (Fsp3) is 0.226. The smallest absolute Gasteiger partial charge is 0.124 e. The second-order valence-electron chi connectivity index (χ2n) is 9.11. The summed E-state index contributed by atoms with van der Waals surface area (Å²) in [5, 5.41) is 0. The predicted molar refractivity (Wildman–Crippen MR) is 153 cm³/mol. The van der Waals surface area contributed by atoms with Crippen LogP contribution in [0.25, 0.3) is 22.3 Å². The molecule has 0 aliphatic heterocycles. The minimum atomic E-state index is -0.615. The minimum Gasteiger partial charge on any atom is -0.491 e. The van der Waals surface area contributed by atoms with Crippen molar-refractivity contribution in [2.45, 2.75) is 5.41 Å². The zero-order chi connectivity index (χ0) is 25.6. The average molecular weight is 622 g/mol. The summed E-state index contributed by atoms with van der Waals surface area (Å²) in [4.78, 5) is 0. The minimum absolute atomic E-state index is 0.460. The summed E-state index contributed by atoms with van der Waals surface area (Å²) in [6, 6.07) is 25.6. The van der Waals surface area contributed by atoms with Gasteiger partial charge in [-0.25, -0.2) is 0 Å². The van der Waals surface area contributed by atoms with Gasteiger partial charge in [-0.1, -0.05) is 80.4 Å². The van der Waals surface area contributed by atoms with E-state index in [4.69, 9.17) is 18.9 Å². The van der Waals surface area contributed by atoms with Crippen molar-refractivity contribution in [2.24, 2.45) is 0 Å². The van der Waals surface area contributed by atoms with Crippen molar-refractivity contribution >= 4 is 31.9 Å². The van der Waals surface area contributed by atoms with E-state index in [-0.39, 0.29) is 0 Å². The van der Waals surface area contributed by atoms with Crippen LogP contribution in [0.3, 0.4) is 0 Å². The van der Waals surface area contributed by atoms with E-state index in [0.717, 1.165) is 42.7 Å². The lowest BCUT2D eigenvalue weighted by molar-refractivity contribution is 0.144. The van der Waals surface area contributed by atoms with Gasteiger partial charge in [0.2, 0.25) is 0 Å². The van der Waals surface area contributed by atoms with Gasteiger partial charge in [-0.3, -0.25) is 0 Å². The molecule has 1 spiro atoms. The van der Waals surface area contributed by atoms with Crippen molar-refractivity contribution in [2.75, 3.05) is 40.6 Å².